The molecule has 0 saturated carbocycles. The van der Waals surface area contributed by atoms with Crippen molar-refractivity contribution < 1.29 is 0 Å². The zero-order valence-corrected chi connectivity index (χ0v) is 23.1. The van der Waals surface area contributed by atoms with E-state index in [1.165, 1.54) is 148 Å². The summed E-state index contributed by atoms with van der Waals surface area (Å²) in [5.41, 5.74) is 7.33. The molecule has 31 heavy (non-hydrogen) atoms. The molecule has 0 bridgehead atoms. The van der Waals surface area contributed by atoms with Crippen molar-refractivity contribution in [3.05, 3.63) is 0 Å². The predicted octanol–water partition coefficient (Wildman–Crippen LogP) is 10.8. The zero-order valence-electron chi connectivity index (χ0n) is 22.3. The van der Waals surface area contributed by atoms with Gasteiger partial charge in [-0.05, 0) is 31.6 Å². The van der Waals surface area contributed by atoms with Gasteiger partial charge >= 0.3 is 0 Å². The lowest BCUT2D eigenvalue weighted by atomic mass is 9.72. The molecular formula is C29H62ClN. The first-order valence-corrected chi connectivity index (χ1v) is 14.4. The third-order valence-corrected chi connectivity index (χ3v) is 7.37. The smallest absolute Gasteiger partial charge is 0.0182 e. The van der Waals surface area contributed by atoms with E-state index in [2.05, 4.69) is 27.7 Å². The minimum absolute atomic E-state index is 0. The van der Waals surface area contributed by atoms with Crippen molar-refractivity contribution in [3.8, 4) is 0 Å². The molecule has 0 amide bonds. The van der Waals surface area contributed by atoms with Crippen LogP contribution in [0, 0.1) is 5.92 Å². The minimum Gasteiger partial charge on any atom is -0.325 e. The Morgan fingerprint density at radius 2 is 0.742 bits per heavy atom. The van der Waals surface area contributed by atoms with Gasteiger partial charge in [-0.1, -0.05) is 150 Å². The van der Waals surface area contributed by atoms with Crippen LogP contribution in [-0.4, -0.2) is 5.54 Å². The second-order valence-electron chi connectivity index (χ2n) is 10.3. The molecule has 0 radical (unpaired) electrons. The van der Waals surface area contributed by atoms with Crippen LogP contribution in [0.15, 0.2) is 0 Å². The molecule has 0 aliphatic rings. The molecule has 1 atom stereocenters. The number of hydrogen-bond donors (Lipinski definition) is 1. The molecule has 1 unspecified atom stereocenters. The lowest BCUT2D eigenvalue weighted by Gasteiger charge is -2.39. The average Bonchev–Trinajstić information content (AvgIpc) is 2.74. The van der Waals surface area contributed by atoms with Gasteiger partial charge in [0.05, 0.1) is 0 Å². The van der Waals surface area contributed by atoms with Crippen LogP contribution in [0.1, 0.15) is 175 Å². The molecule has 0 rings (SSSR count). The summed E-state index contributed by atoms with van der Waals surface area (Å²) in [5, 5.41) is 0. The van der Waals surface area contributed by atoms with Crippen LogP contribution in [0.3, 0.4) is 0 Å². The van der Waals surface area contributed by atoms with Crippen LogP contribution in [0.4, 0.5) is 0 Å². The van der Waals surface area contributed by atoms with E-state index in [1.54, 1.807) is 0 Å². The lowest BCUT2D eigenvalue weighted by molar-refractivity contribution is 0.190. The second kappa shape index (κ2) is 24.9. The van der Waals surface area contributed by atoms with Gasteiger partial charge in [0.1, 0.15) is 0 Å². The molecule has 0 aromatic rings. The third-order valence-electron chi connectivity index (χ3n) is 7.37. The summed E-state index contributed by atoms with van der Waals surface area (Å²) < 4.78 is 0. The fraction of sp³-hybridized carbons (Fsp3) is 1.00. The molecular weight excluding hydrogens is 398 g/mol. The number of unbranched alkanes of at least 4 members (excludes halogenated alkanes) is 15. The van der Waals surface area contributed by atoms with Gasteiger partial charge < -0.3 is 5.73 Å². The summed E-state index contributed by atoms with van der Waals surface area (Å²) in [5.74, 6) is 0.756. The van der Waals surface area contributed by atoms with Crippen molar-refractivity contribution >= 4 is 12.4 Å². The molecule has 0 aromatic carbocycles. The van der Waals surface area contributed by atoms with Crippen molar-refractivity contribution in [1.82, 2.24) is 0 Å². The van der Waals surface area contributed by atoms with E-state index < -0.39 is 0 Å². The molecule has 0 spiro atoms. The van der Waals surface area contributed by atoms with Gasteiger partial charge in [-0.3, -0.25) is 0 Å². The van der Waals surface area contributed by atoms with Gasteiger partial charge in [0.2, 0.25) is 0 Å². The summed E-state index contributed by atoms with van der Waals surface area (Å²) in [4.78, 5) is 0. The van der Waals surface area contributed by atoms with E-state index in [0.29, 0.717) is 0 Å². The SMILES string of the molecule is CCCCCCCCCCCCC(CCCCC)C(N)(CCCCC)CCCCC.Cl. The molecule has 190 valence electrons. The predicted molar refractivity (Wildman–Crippen MR) is 147 cm³/mol. The van der Waals surface area contributed by atoms with Gasteiger partial charge in [-0.25, -0.2) is 0 Å². The van der Waals surface area contributed by atoms with Gasteiger partial charge in [0.25, 0.3) is 0 Å². The maximum Gasteiger partial charge on any atom is 0.0182 e. The van der Waals surface area contributed by atoms with Crippen LogP contribution < -0.4 is 5.73 Å². The summed E-state index contributed by atoms with van der Waals surface area (Å²) in [7, 11) is 0. The van der Waals surface area contributed by atoms with Gasteiger partial charge in [0, 0.05) is 5.54 Å². The van der Waals surface area contributed by atoms with Crippen molar-refractivity contribution in [2.75, 3.05) is 0 Å². The minimum atomic E-state index is 0. The van der Waals surface area contributed by atoms with Crippen molar-refractivity contribution in [1.29, 1.82) is 0 Å². The second-order valence-corrected chi connectivity index (χ2v) is 10.3. The highest BCUT2D eigenvalue weighted by Crippen LogP contribution is 2.35. The molecule has 0 fully saturated rings. The quantitative estimate of drug-likeness (QED) is 0.143. The number of nitrogens with two attached hydrogens (primary N) is 1. The molecule has 0 heterocycles. The Morgan fingerprint density at radius 3 is 1.16 bits per heavy atom. The number of halogens is 1. The first kappa shape index (κ1) is 33.4. The van der Waals surface area contributed by atoms with E-state index in [1.807, 2.05) is 0 Å². The maximum atomic E-state index is 7.23. The van der Waals surface area contributed by atoms with Crippen molar-refractivity contribution in [2.24, 2.45) is 11.7 Å². The third kappa shape index (κ3) is 19.4. The van der Waals surface area contributed by atoms with Crippen molar-refractivity contribution in [2.45, 2.75) is 181 Å². The summed E-state index contributed by atoms with van der Waals surface area (Å²) in [6.45, 7) is 9.27. The number of hydrogen-bond acceptors (Lipinski definition) is 1. The summed E-state index contributed by atoms with van der Waals surface area (Å²) in [6.07, 6.45) is 31.7. The highest BCUT2D eigenvalue weighted by atomic mass is 35.5. The standard InChI is InChI=1S/C29H61N.ClH/c1-5-9-13-14-15-16-17-18-19-21-25-28(24-20-10-6-2)29(30,26-22-11-7-3)27-23-12-8-4;/h28H,5-27,30H2,1-4H3;1H. The summed E-state index contributed by atoms with van der Waals surface area (Å²) >= 11 is 0. The molecule has 0 aliphatic heterocycles. The van der Waals surface area contributed by atoms with Crippen LogP contribution in [0.25, 0.3) is 0 Å². The lowest BCUT2D eigenvalue weighted by Crippen LogP contribution is -2.47. The monoisotopic (exact) mass is 459 g/mol. The van der Waals surface area contributed by atoms with Crippen LogP contribution in [0.5, 0.6) is 0 Å². The molecule has 2 N–H and O–H groups in total. The molecule has 0 aromatic heterocycles. The van der Waals surface area contributed by atoms with Gasteiger partial charge in [0.15, 0.2) is 0 Å². The first-order chi connectivity index (χ1) is 14.6. The average molecular weight is 460 g/mol. The van der Waals surface area contributed by atoms with Crippen molar-refractivity contribution in [3.63, 3.8) is 0 Å². The van der Waals surface area contributed by atoms with E-state index in [9.17, 15) is 0 Å². The van der Waals surface area contributed by atoms with Gasteiger partial charge in [-0.15, -0.1) is 12.4 Å². The Morgan fingerprint density at radius 1 is 0.452 bits per heavy atom. The van der Waals surface area contributed by atoms with E-state index in [4.69, 9.17) is 5.73 Å². The first-order valence-electron chi connectivity index (χ1n) is 14.4. The Bertz CT molecular complexity index is 321. The summed E-state index contributed by atoms with van der Waals surface area (Å²) in [6, 6.07) is 0. The van der Waals surface area contributed by atoms with Gasteiger partial charge in [-0.2, -0.15) is 0 Å². The fourth-order valence-electron chi connectivity index (χ4n) is 5.18. The van der Waals surface area contributed by atoms with E-state index in [0.717, 1.165) is 5.92 Å². The number of rotatable bonds is 24. The Balaban J connectivity index is 0. The van der Waals surface area contributed by atoms with E-state index in [-0.39, 0.29) is 17.9 Å². The largest absolute Gasteiger partial charge is 0.325 e. The zero-order chi connectivity index (χ0) is 22.3. The highest BCUT2D eigenvalue weighted by Gasteiger charge is 2.32. The molecule has 0 saturated heterocycles. The van der Waals surface area contributed by atoms with Crippen LogP contribution >= 0.6 is 12.4 Å². The maximum absolute atomic E-state index is 7.23. The van der Waals surface area contributed by atoms with Crippen LogP contribution in [0.2, 0.25) is 0 Å². The molecule has 2 heteroatoms. The Kier molecular flexibility index (Phi) is 26.8. The Labute approximate surface area is 204 Å². The Hall–Kier alpha value is 0.250. The normalized spacial score (nSPS) is 12.7. The molecule has 0 aliphatic carbocycles. The van der Waals surface area contributed by atoms with E-state index >= 15 is 0 Å². The highest BCUT2D eigenvalue weighted by molar-refractivity contribution is 5.85. The topological polar surface area (TPSA) is 26.0 Å². The fourth-order valence-corrected chi connectivity index (χ4v) is 5.18. The molecule has 1 nitrogen and oxygen atoms in total. The van der Waals surface area contributed by atoms with Crippen LogP contribution in [-0.2, 0) is 0 Å².